The van der Waals surface area contributed by atoms with Gasteiger partial charge in [0.2, 0.25) is 0 Å². The number of aryl methyl sites for hydroxylation is 1. The number of hydrogen-bond acceptors (Lipinski definition) is 3. The third-order valence-electron chi connectivity index (χ3n) is 2.86. The lowest BCUT2D eigenvalue weighted by molar-refractivity contribution is 0.295. The van der Waals surface area contributed by atoms with E-state index < -0.39 is 0 Å². The summed E-state index contributed by atoms with van der Waals surface area (Å²) in [5.41, 5.74) is 2.84. The molecule has 0 unspecified atom stereocenters. The van der Waals surface area contributed by atoms with Crippen molar-refractivity contribution in [2.24, 2.45) is 0 Å². The van der Waals surface area contributed by atoms with E-state index >= 15 is 0 Å². The monoisotopic (exact) mass is 299 g/mol. The molecule has 0 spiro atoms. The number of rotatable bonds is 5. The first-order valence-electron chi connectivity index (χ1n) is 6.11. The third-order valence-corrected chi connectivity index (χ3v) is 3.29. The van der Waals surface area contributed by atoms with Crippen molar-refractivity contribution >= 4 is 23.2 Å². The number of aliphatic hydroxyl groups excluding tert-OH is 1. The van der Waals surface area contributed by atoms with Crippen LogP contribution in [-0.4, -0.2) is 26.7 Å². The van der Waals surface area contributed by atoms with Crippen LogP contribution in [0.2, 0.25) is 10.0 Å². The normalized spacial score (nSPS) is 10.9. The smallest absolute Gasteiger partial charge is 0.0857 e. The molecular weight excluding hydrogens is 285 g/mol. The third kappa shape index (κ3) is 3.47. The SMILES string of the molecule is CCc1nnn(Cc2cc(Cl)cc(Cl)c2)c1CCO. The van der Waals surface area contributed by atoms with Crippen LogP contribution in [-0.2, 0) is 19.4 Å². The van der Waals surface area contributed by atoms with Gasteiger partial charge in [0.05, 0.1) is 17.9 Å². The van der Waals surface area contributed by atoms with Crippen molar-refractivity contribution in [1.29, 1.82) is 0 Å². The Morgan fingerprint density at radius 1 is 1.21 bits per heavy atom. The molecular formula is C13H15Cl2N3O. The van der Waals surface area contributed by atoms with Crippen molar-refractivity contribution in [1.82, 2.24) is 15.0 Å². The molecule has 0 saturated heterocycles. The van der Waals surface area contributed by atoms with E-state index in [-0.39, 0.29) is 6.61 Å². The number of hydrogen-bond donors (Lipinski definition) is 1. The molecule has 2 rings (SSSR count). The maximum Gasteiger partial charge on any atom is 0.0857 e. The molecule has 0 aliphatic rings. The summed E-state index contributed by atoms with van der Waals surface area (Å²) in [5.74, 6) is 0. The fraction of sp³-hybridized carbons (Fsp3) is 0.385. The van der Waals surface area contributed by atoms with Gasteiger partial charge in [-0.2, -0.15) is 0 Å². The van der Waals surface area contributed by atoms with Crippen LogP contribution in [0.1, 0.15) is 23.9 Å². The van der Waals surface area contributed by atoms with E-state index in [4.69, 9.17) is 28.3 Å². The van der Waals surface area contributed by atoms with Gasteiger partial charge in [-0.3, -0.25) is 0 Å². The Balaban J connectivity index is 2.29. The molecule has 0 aliphatic heterocycles. The zero-order chi connectivity index (χ0) is 13.8. The second-order valence-corrected chi connectivity index (χ2v) is 5.12. The molecule has 0 fully saturated rings. The first-order chi connectivity index (χ1) is 9.13. The molecule has 0 bridgehead atoms. The molecule has 0 atom stereocenters. The Bertz CT molecular complexity index is 549. The van der Waals surface area contributed by atoms with Gasteiger partial charge in [-0.25, -0.2) is 4.68 Å². The average molecular weight is 300 g/mol. The Kier molecular flexibility index (Phi) is 4.80. The van der Waals surface area contributed by atoms with Gasteiger partial charge < -0.3 is 5.11 Å². The maximum absolute atomic E-state index is 9.13. The topological polar surface area (TPSA) is 50.9 Å². The summed E-state index contributed by atoms with van der Waals surface area (Å²) >= 11 is 12.0. The summed E-state index contributed by atoms with van der Waals surface area (Å²) in [7, 11) is 0. The minimum atomic E-state index is 0.0800. The van der Waals surface area contributed by atoms with Crippen LogP contribution < -0.4 is 0 Å². The number of aliphatic hydroxyl groups is 1. The van der Waals surface area contributed by atoms with E-state index in [9.17, 15) is 0 Å². The van der Waals surface area contributed by atoms with Gasteiger partial charge in [-0.1, -0.05) is 35.3 Å². The van der Waals surface area contributed by atoms with Gasteiger partial charge >= 0.3 is 0 Å². The summed E-state index contributed by atoms with van der Waals surface area (Å²) < 4.78 is 1.79. The number of benzene rings is 1. The Morgan fingerprint density at radius 3 is 2.47 bits per heavy atom. The predicted molar refractivity (Wildman–Crippen MR) is 75.8 cm³/mol. The van der Waals surface area contributed by atoms with Gasteiger partial charge in [-0.05, 0) is 30.2 Å². The van der Waals surface area contributed by atoms with Crippen LogP contribution in [0.4, 0.5) is 0 Å². The minimum absolute atomic E-state index is 0.0800. The fourth-order valence-corrected chi connectivity index (χ4v) is 2.60. The second kappa shape index (κ2) is 6.37. The number of nitrogens with zero attached hydrogens (tertiary/aromatic N) is 3. The average Bonchev–Trinajstić information content (AvgIpc) is 2.71. The maximum atomic E-state index is 9.13. The highest BCUT2D eigenvalue weighted by Gasteiger charge is 2.11. The number of aromatic nitrogens is 3. The van der Waals surface area contributed by atoms with Crippen LogP contribution in [0.3, 0.4) is 0 Å². The first kappa shape index (κ1) is 14.3. The lowest BCUT2D eigenvalue weighted by Crippen LogP contribution is -2.09. The molecule has 19 heavy (non-hydrogen) atoms. The van der Waals surface area contributed by atoms with Crippen LogP contribution in [0.15, 0.2) is 18.2 Å². The van der Waals surface area contributed by atoms with E-state index in [1.165, 1.54) is 0 Å². The molecule has 1 N–H and O–H groups in total. The Morgan fingerprint density at radius 2 is 1.89 bits per heavy atom. The molecule has 0 aliphatic carbocycles. The quantitative estimate of drug-likeness (QED) is 0.923. The van der Waals surface area contributed by atoms with Crippen molar-refractivity contribution in [3.8, 4) is 0 Å². The molecule has 2 aromatic rings. The van der Waals surface area contributed by atoms with E-state index in [1.54, 1.807) is 10.7 Å². The highest BCUT2D eigenvalue weighted by Crippen LogP contribution is 2.20. The van der Waals surface area contributed by atoms with Crippen LogP contribution in [0.5, 0.6) is 0 Å². The van der Waals surface area contributed by atoms with Crippen molar-refractivity contribution in [2.75, 3.05) is 6.61 Å². The van der Waals surface area contributed by atoms with Gasteiger partial charge in [0.1, 0.15) is 0 Å². The largest absolute Gasteiger partial charge is 0.396 e. The molecule has 0 amide bonds. The fourth-order valence-electron chi connectivity index (χ4n) is 2.02. The van der Waals surface area contributed by atoms with Crippen LogP contribution in [0.25, 0.3) is 0 Å². The summed E-state index contributed by atoms with van der Waals surface area (Å²) in [5, 5.41) is 18.6. The Labute approximate surface area is 122 Å². The highest BCUT2D eigenvalue weighted by molar-refractivity contribution is 6.34. The predicted octanol–water partition coefficient (Wildman–Crippen LogP) is 2.73. The first-order valence-corrected chi connectivity index (χ1v) is 6.86. The summed E-state index contributed by atoms with van der Waals surface area (Å²) in [6.07, 6.45) is 1.34. The molecule has 102 valence electrons. The van der Waals surface area contributed by atoms with Gasteiger partial charge in [0.15, 0.2) is 0 Å². The van der Waals surface area contributed by atoms with Crippen molar-refractivity contribution in [3.05, 3.63) is 45.2 Å². The highest BCUT2D eigenvalue weighted by atomic mass is 35.5. The van der Waals surface area contributed by atoms with Gasteiger partial charge in [0, 0.05) is 23.1 Å². The van der Waals surface area contributed by atoms with E-state index in [0.717, 1.165) is 23.4 Å². The van der Waals surface area contributed by atoms with Crippen LogP contribution in [0, 0.1) is 0 Å². The lowest BCUT2D eigenvalue weighted by Gasteiger charge is -2.07. The summed E-state index contributed by atoms with van der Waals surface area (Å²) in [6.45, 7) is 2.64. The molecule has 6 heteroatoms. The molecule has 1 aromatic heterocycles. The van der Waals surface area contributed by atoms with E-state index in [1.807, 2.05) is 19.1 Å². The van der Waals surface area contributed by atoms with E-state index in [0.29, 0.717) is 23.0 Å². The van der Waals surface area contributed by atoms with E-state index in [2.05, 4.69) is 10.3 Å². The van der Waals surface area contributed by atoms with Crippen LogP contribution >= 0.6 is 23.2 Å². The van der Waals surface area contributed by atoms with Gasteiger partial charge in [0.25, 0.3) is 0 Å². The zero-order valence-corrected chi connectivity index (χ0v) is 12.1. The second-order valence-electron chi connectivity index (χ2n) is 4.25. The molecule has 0 radical (unpaired) electrons. The van der Waals surface area contributed by atoms with Crippen molar-refractivity contribution < 1.29 is 5.11 Å². The molecule has 4 nitrogen and oxygen atoms in total. The lowest BCUT2D eigenvalue weighted by atomic mass is 10.2. The molecule has 1 heterocycles. The number of halogens is 2. The van der Waals surface area contributed by atoms with Crippen molar-refractivity contribution in [2.45, 2.75) is 26.3 Å². The Hall–Kier alpha value is -1.10. The standard InChI is InChI=1S/C13H15Cl2N3O/c1-2-12-13(3-4-19)18(17-16-12)8-9-5-10(14)7-11(15)6-9/h5-7,19H,2-4,8H2,1H3. The summed E-state index contributed by atoms with van der Waals surface area (Å²) in [4.78, 5) is 0. The van der Waals surface area contributed by atoms with Crippen molar-refractivity contribution in [3.63, 3.8) is 0 Å². The molecule has 1 aromatic carbocycles. The van der Waals surface area contributed by atoms with Gasteiger partial charge in [-0.15, -0.1) is 5.10 Å². The minimum Gasteiger partial charge on any atom is -0.396 e. The zero-order valence-electron chi connectivity index (χ0n) is 10.6. The summed E-state index contributed by atoms with van der Waals surface area (Å²) in [6, 6.07) is 5.40. The molecule has 0 saturated carbocycles.